The van der Waals surface area contributed by atoms with E-state index in [1.165, 1.54) is 12.1 Å². The van der Waals surface area contributed by atoms with Crippen LogP contribution in [0.25, 0.3) is 0 Å². The van der Waals surface area contributed by atoms with E-state index in [1.54, 1.807) is 12.1 Å². The summed E-state index contributed by atoms with van der Waals surface area (Å²) in [4.78, 5) is 0. The summed E-state index contributed by atoms with van der Waals surface area (Å²) in [6, 6.07) is 10.0. The second-order valence-electron chi connectivity index (χ2n) is 4.27. The van der Waals surface area contributed by atoms with Gasteiger partial charge in [0.15, 0.2) is 0 Å². The van der Waals surface area contributed by atoms with Crippen LogP contribution in [0.4, 0.5) is 8.78 Å². The van der Waals surface area contributed by atoms with Gasteiger partial charge in [0.1, 0.15) is 17.4 Å². The molecular formula is C15H16F2N2O. The first-order valence-corrected chi connectivity index (χ1v) is 6.29. The summed E-state index contributed by atoms with van der Waals surface area (Å²) >= 11 is 0. The van der Waals surface area contributed by atoms with Crippen LogP contribution >= 0.6 is 0 Å². The first-order valence-electron chi connectivity index (χ1n) is 6.29. The molecule has 0 amide bonds. The standard InChI is InChI=1S/C15H16F2N2O/c1-2-20-14-6-4-3-5-13(14)15(19-18)10-7-11(16)9-12(17)8-10/h3-9,15,19H,2,18H2,1H3. The van der Waals surface area contributed by atoms with E-state index < -0.39 is 17.7 Å². The molecule has 0 radical (unpaired) electrons. The summed E-state index contributed by atoms with van der Waals surface area (Å²) in [6.45, 7) is 2.36. The molecular weight excluding hydrogens is 262 g/mol. The van der Waals surface area contributed by atoms with Gasteiger partial charge in [0.05, 0.1) is 12.6 Å². The Morgan fingerprint density at radius 3 is 2.40 bits per heavy atom. The van der Waals surface area contributed by atoms with Crippen molar-refractivity contribution in [2.24, 2.45) is 5.84 Å². The maximum absolute atomic E-state index is 13.3. The van der Waals surface area contributed by atoms with Gasteiger partial charge in [-0.05, 0) is 30.7 Å². The zero-order chi connectivity index (χ0) is 14.5. The van der Waals surface area contributed by atoms with Crippen molar-refractivity contribution in [3.63, 3.8) is 0 Å². The fourth-order valence-corrected chi connectivity index (χ4v) is 2.11. The summed E-state index contributed by atoms with van der Waals surface area (Å²) in [5.74, 6) is 4.89. The maximum atomic E-state index is 13.3. The summed E-state index contributed by atoms with van der Waals surface area (Å²) in [5.41, 5.74) is 3.70. The molecule has 2 aromatic rings. The Bertz CT molecular complexity index is 570. The number of hydrogen-bond acceptors (Lipinski definition) is 3. The zero-order valence-electron chi connectivity index (χ0n) is 11.1. The molecule has 2 rings (SSSR count). The van der Waals surface area contributed by atoms with Crippen molar-refractivity contribution < 1.29 is 13.5 Å². The topological polar surface area (TPSA) is 47.3 Å². The summed E-state index contributed by atoms with van der Waals surface area (Å²) in [7, 11) is 0. The Labute approximate surface area is 116 Å². The van der Waals surface area contributed by atoms with Crippen LogP contribution in [0.15, 0.2) is 42.5 Å². The Morgan fingerprint density at radius 2 is 1.80 bits per heavy atom. The number of rotatable bonds is 5. The van der Waals surface area contributed by atoms with Crippen molar-refractivity contribution in [2.45, 2.75) is 13.0 Å². The number of hydrazine groups is 1. The average Bonchev–Trinajstić information content (AvgIpc) is 2.41. The monoisotopic (exact) mass is 278 g/mol. The molecule has 0 heterocycles. The van der Waals surface area contributed by atoms with Gasteiger partial charge in [-0.15, -0.1) is 0 Å². The molecule has 0 saturated heterocycles. The molecule has 0 aliphatic heterocycles. The SMILES string of the molecule is CCOc1ccccc1C(NN)c1cc(F)cc(F)c1. The van der Waals surface area contributed by atoms with Crippen molar-refractivity contribution in [1.29, 1.82) is 0 Å². The quantitative estimate of drug-likeness (QED) is 0.653. The Balaban J connectivity index is 2.46. The first-order chi connectivity index (χ1) is 9.65. The van der Waals surface area contributed by atoms with Crippen LogP contribution in [0.1, 0.15) is 24.1 Å². The number of nitrogens with one attached hydrogen (secondary N) is 1. The highest BCUT2D eigenvalue weighted by Gasteiger charge is 2.18. The van der Waals surface area contributed by atoms with Gasteiger partial charge < -0.3 is 4.74 Å². The molecule has 0 saturated carbocycles. The van der Waals surface area contributed by atoms with E-state index in [-0.39, 0.29) is 0 Å². The molecule has 0 spiro atoms. The van der Waals surface area contributed by atoms with Gasteiger partial charge in [-0.1, -0.05) is 18.2 Å². The molecule has 0 aromatic heterocycles. The van der Waals surface area contributed by atoms with E-state index in [0.29, 0.717) is 17.9 Å². The predicted molar refractivity (Wildman–Crippen MR) is 73.1 cm³/mol. The zero-order valence-corrected chi connectivity index (χ0v) is 11.1. The molecule has 0 aliphatic rings. The van der Waals surface area contributed by atoms with Crippen molar-refractivity contribution >= 4 is 0 Å². The van der Waals surface area contributed by atoms with Crippen LogP contribution in [0.5, 0.6) is 5.75 Å². The Morgan fingerprint density at radius 1 is 1.15 bits per heavy atom. The fourth-order valence-electron chi connectivity index (χ4n) is 2.11. The lowest BCUT2D eigenvalue weighted by atomic mass is 9.98. The van der Waals surface area contributed by atoms with Crippen LogP contribution in [-0.4, -0.2) is 6.61 Å². The maximum Gasteiger partial charge on any atom is 0.126 e. The summed E-state index contributed by atoms with van der Waals surface area (Å²) < 4.78 is 32.2. The van der Waals surface area contributed by atoms with Crippen LogP contribution in [0.3, 0.4) is 0 Å². The van der Waals surface area contributed by atoms with E-state index in [9.17, 15) is 8.78 Å². The molecule has 0 fully saturated rings. The highest BCUT2D eigenvalue weighted by molar-refractivity contribution is 5.41. The molecule has 20 heavy (non-hydrogen) atoms. The molecule has 3 nitrogen and oxygen atoms in total. The van der Waals surface area contributed by atoms with Crippen LogP contribution in [-0.2, 0) is 0 Å². The van der Waals surface area contributed by atoms with Crippen LogP contribution < -0.4 is 16.0 Å². The molecule has 5 heteroatoms. The minimum atomic E-state index is -0.644. The van der Waals surface area contributed by atoms with Crippen LogP contribution in [0.2, 0.25) is 0 Å². The highest BCUT2D eigenvalue weighted by atomic mass is 19.1. The lowest BCUT2D eigenvalue weighted by molar-refractivity contribution is 0.333. The first kappa shape index (κ1) is 14.4. The molecule has 2 aromatic carbocycles. The largest absolute Gasteiger partial charge is 0.494 e. The second kappa shape index (κ2) is 6.45. The van der Waals surface area contributed by atoms with E-state index in [1.807, 2.05) is 19.1 Å². The Kier molecular flexibility index (Phi) is 4.65. The average molecular weight is 278 g/mol. The van der Waals surface area contributed by atoms with Crippen molar-refractivity contribution in [3.8, 4) is 5.75 Å². The summed E-state index contributed by atoms with van der Waals surface area (Å²) in [5, 5.41) is 0. The molecule has 106 valence electrons. The van der Waals surface area contributed by atoms with Gasteiger partial charge in [-0.25, -0.2) is 14.2 Å². The van der Waals surface area contributed by atoms with Gasteiger partial charge in [-0.2, -0.15) is 0 Å². The van der Waals surface area contributed by atoms with Gasteiger partial charge in [-0.3, -0.25) is 5.84 Å². The molecule has 1 unspecified atom stereocenters. The predicted octanol–water partition coefficient (Wildman–Crippen LogP) is 2.92. The molecule has 0 bridgehead atoms. The second-order valence-corrected chi connectivity index (χ2v) is 4.27. The van der Waals surface area contributed by atoms with Crippen molar-refractivity contribution in [2.75, 3.05) is 6.61 Å². The number of para-hydroxylation sites is 1. The lowest BCUT2D eigenvalue weighted by Gasteiger charge is -2.20. The van der Waals surface area contributed by atoms with Gasteiger partial charge >= 0.3 is 0 Å². The number of hydrogen-bond donors (Lipinski definition) is 2. The Hall–Kier alpha value is -1.98. The third-order valence-corrected chi connectivity index (χ3v) is 2.91. The molecule has 3 N–H and O–H groups in total. The van der Waals surface area contributed by atoms with E-state index in [0.717, 1.165) is 11.6 Å². The number of ether oxygens (including phenoxy) is 1. The lowest BCUT2D eigenvalue weighted by Crippen LogP contribution is -2.29. The third-order valence-electron chi connectivity index (χ3n) is 2.91. The smallest absolute Gasteiger partial charge is 0.126 e. The summed E-state index contributed by atoms with van der Waals surface area (Å²) in [6.07, 6.45) is 0. The third kappa shape index (κ3) is 3.12. The van der Waals surface area contributed by atoms with E-state index in [2.05, 4.69) is 5.43 Å². The van der Waals surface area contributed by atoms with Gasteiger partial charge in [0.2, 0.25) is 0 Å². The number of nitrogens with two attached hydrogens (primary N) is 1. The van der Waals surface area contributed by atoms with Crippen LogP contribution in [0, 0.1) is 11.6 Å². The molecule has 0 aliphatic carbocycles. The normalized spacial score (nSPS) is 12.2. The van der Waals surface area contributed by atoms with E-state index in [4.69, 9.17) is 10.6 Å². The highest BCUT2D eigenvalue weighted by Crippen LogP contribution is 2.30. The molecule has 1 atom stereocenters. The van der Waals surface area contributed by atoms with Gasteiger partial charge in [0, 0.05) is 11.6 Å². The number of halogens is 2. The fraction of sp³-hybridized carbons (Fsp3) is 0.200. The van der Waals surface area contributed by atoms with Crippen molar-refractivity contribution in [1.82, 2.24) is 5.43 Å². The minimum absolute atomic E-state index is 0.400. The van der Waals surface area contributed by atoms with Gasteiger partial charge in [0.25, 0.3) is 0 Å². The minimum Gasteiger partial charge on any atom is -0.494 e. The van der Waals surface area contributed by atoms with Crippen molar-refractivity contribution in [3.05, 3.63) is 65.2 Å². The number of benzene rings is 2. The van der Waals surface area contributed by atoms with E-state index >= 15 is 0 Å².